The van der Waals surface area contributed by atoms with E-state index in [1.165, 1.54) is 16.7 Å². The Hall–Kier alpha value is -1.89. The fourth-order valence-corrected chi connectivity index (χ4v) is 4.97. The summed E-state index contributed by atoms with van der Waals surface area (Å²) in [5, 5.41) is 0. The second kappa shape index (κ2) is 9.16. The normalized spacial score (nSPS) is 15.3. The van der Waals surface area contributed by atoms with Gasteiger partial charge in [0.1, 0.15) is 5.78 Å². The zero-order valence-corrected chi connectivity index (χ0v) is 22.5. The summed E-state index contributed by atoms with van der Waals surface area (Å²) in [7, 11) is 0. The zero-order valence-electron chi connectivity index (χ0n) is 22.5. The van der Waals surface area contributed by atoms with Gasteiger partial charge < -0.3 is 0 Å². The smallest absolute Gasteiger partial charge is 0.144 e. The SMILES string of the molecule is CC(c1ccccc1)C(C)(C)C(=O)C(C)(C)CC(c1ccc(C(C)(C)C)cc1)C(C)(C)C. The fourth-order valence-electron chi connectivity index (χ4n) is 4.97. The largest absolute Gasteiger partial charge is 0.298 e. The molecule has 2 atom stereocenters. The molecule has 0 amide bonds. The molecule has 0 aromatic heterocycles. The highest BCUT2D eigenvalue weighted by Gasteiger charge is 2.45. The van der Waals surface area contributed by atoms with E-state index >= 15 is 0 Å². The van der Waals surface area contributed by atoms with Gasteiger partial charge in [-0.05, 0) is 45.8 Å². The Morgan fingerprint density at radius 2 is 1.22 bits per heavy atom. The Balaban J connectivity index is 2.35. The monoisotopic (exact) mass is 434 g/mol. The first-order valence-electron chi connectivity index (χ1n) is 12.2. The molecule has 2 aromatic carbocycles. The van der Waals surface area contributed by atoms with Gasteiger partial charge in [-0.2, -0.15) is 0 Å². The molecule has 0 saturated carbocycles. The molecule has 2 aromatic rings. The van der Waals surface area contributed by atoms with Crippen molar-refractivity contribution < 1.29 is 4.79 Å². The van der Waals surface area contributed by atoms with Gasteiger partial charge in [0.15, 0.2) is 0 Å². The highest BCUT2D eigenvalue weighted by molar-refractivity contribution is 5.90. The van der Waals surface area contributed by atoms with Crippen LogP contribution in [0.3, 0.4) is 0 Å². The number of hydrogen-bond acceptors (Lipinski definition) is 1. The summed E-state index contributed by atoms with van der Waals surface area (Å²) in [4.78, 5) is 14.0. The predicted molar refractivity (Wildman–Crippen MR) is 139 cm³/mol. The van der Waals surface area contributed by atoms with E-state index in [0.717, 1.165) is 6.42 Å². The van der Waals surface area contributed by atoms with Gasteiger partial charge in [0, 0.05) is 10.8 Å². The van der Waals surface area contributed by atoms with Crippen LogP contribution in [-0.2, 0) is 10.2 Å². The minimum atomic E-state index is -0.441. The molecular formula is C31H46O. The van der Waals surface area contributed by atoms with E-state index in [1.807, 2.05) is 6.07 Å². The van der Waals surface area contributed by atoms with Crippen molar-refractivity contribution in [2.75, 3.05) is 0 Å². The fraction of sp³-hybridized carbons (Fsp3) is 0.581. The zero-order chi connectivity index (χ0) is 24.5. The first kappa shape index (κ1) is 26.4. The van der Waals surface area contributed by atoms with E-state index in [0.29, 0.717) is 11.7 Å². The minimum Gasteiger partial charge on any atom is -0.298 e. The molecule has 0 aliphatic rings. The lowest BCUT2D eigenvalue weighted by molar-refractivity contribution is -0.137. The van der Waals surface area contributed by atoms with Gasteiger partial charge in [-0.15, -0.1) is 0 Å². The number of ketones is 1. The van der Waals surface area contributed by atoms with Crippen molar-refractivity contribution in [3.63, 3.8) is 0 Å². The number of rotatable bonds is 7. The lowest BCUT2D eigenvalue weighted by atomic mass is 9.61. The maximum atomic E-state index is 14.0. The van der Waals surface area contributed by atoms with Crippen LogP contribution in [0.25, 0.3) is 0 Å². The lowest BCUT2D eigenvalue weighted by Gasteiger charge is -2.42. The van der Waals surface area contributed by atoms with E-state index in [4.69, 9.17) is 0 Å². The van der Waals surface area contributed by atoms with Crippen molar-refractivity contribution >= 4 is 5.78 Å². The molecule has 32 heavy (non-hydrogen) atoms. The van der Waals surface area contributed by atoms with Crippen LogP contribution in [-0.4, -0.2) is 5.78 Å². The Morgan fingerprint density at radius 1 is 0.719 bits per heavy atom. The molecule has 2 unspecified atom stereocenters. The van der Waals surface area contributed by atoms with Crippen LogP contribution in [0, 0.1) is 16.2 Å². The maximum absolute atomic E-state index is 14.0. The molecule has 0 fully saturated rings. The van der Waals surface area contributed by atoms with Gasteiger partial charge in [0.05, 0.1) is 0 Å². The van der Waals surface area contributed by atoms with Gasteiger partial charge in [0.25, 0.3) is 0 Å². The summed E-state index contributed by atoms with van der Waals surface area (Å²) in [6.07, 6.45) is 0.842. The minimum absolute atomic E-state index is 0.0655. The van der Waals surface area contributed by atoms with E-state index in [1.54, 1.807) is 0 Å². The summed E-state index contributed by atoms with van der Waals surface area (Å²) >= 11 is 0. The number of carbonyl (C=O) groups excluding carboxylic acids is 1. The second-order valence-corrected chi connectivity index (χ2v) is 13.1. The molecule has 1 heteroatoms. The van der Waals surface area contributed by atoms with Gasteiger partial charge in [-0.1, -0.05) is 131 Å². The highest BCUT2D eigenvalue weighted by atomic mass is 16.1. The molecule has 2 rings (SSSR count). The Bertz CT molecular complexity index is 886. The Kier molecular flexibility index (Phi) is 7.55. The van der Waals surface area contributed by atoms with Gasteiger partial charge >= 0.3 is 0 Å². The molecule has 0 saturated heterocycles. The van der Waals surface area contributed by atoms with Crippen LogP contribution in [0.15, 0.2) is 54.6 Å². The van der Waals surface area contributed by atoms with Crippen LogP contribution in [0.5, 0.6) is 0 Å². The Labute approximate surface area is 198 Å². The maximum Gasteiger partial charge on any atom is 0.144 e. The lowest BCUT2D eigenvalue weighted by Crippen LogP contribution is -2.42. The van der Waals surface area contributed by atoms with E-state index in [-0.39, 0.29) is 16.7 Å². The standard InChI is InChI=1S/C31H46O/c1-22(23-15-13-12-14-16-23)31(10,11)27(32)30(8,9)21-26(29(5,6)7)24-17-19-25(20-18-24)28(2,3)4/h12-20,22,26H,21H2,1-11H3. The van der Waals surface area contributed by atoms with Crippen LogP contribution in [0.4, 0.5) is 0 Å². The van der Waals surface area contributed by atoms with Gasteiger partial charge in [-0.3, -0.25) is 4.79 Å². The van der Waals surface area contributed by atoms with Gasteiger partial charge in [-0.25, -0.2) is 0 Å². The van der Waals surface area contributed by atoms with Crippen molar-refractivity contribution in [2.24, 2.45) is 16.2 Å². The molecular weight excluding hydrogens is 388 g/mol. The molecule has 0 heterocycles. The molecule has 0 bridgehead atoms. The number of Topliss-reactive ketones (excluding diaryl/α,β-unsaturated/α-hetero) is 1. The van der Waals surface area contributed by atoms with E-state index in [2.05, 4.69) is 125 Å². The molecule has 1 nitrogen and oxygen atoms in total. The predicted octanol–water partition coefficient (Wildman–Crippen LogP) is 8.93. The third-order valence-electron chi connectivity index (χ3n) is 7.52. The molecule has 0 radical (unpaired) electrons. The van der Waals surface area contributed by atoms with Crippen LogP contribution in [0.2, 0.25) is 0 Å². The topological polar surface area (TPSA) is 17.1 Å². The average Bonchev–Trinajstić information content (AvgIpc) is 2.70. The van der Waals surface area contributed by atoms with Crippen molar-refractivity contribution in [3.05, 3.63) is 71.3 Å². The summed E-state index contributed by atoms with van der Waals surface area (Å²) in [6, 6.07) is 19.6. The van der Waals surface area contributed by atoms with Crippen LogP contribution in [0.1, 0.15) is 111 Å². The molecule has 0 aliphatic carbocycles. The van der Waals surface area contributed by atoms with Crippen molar-refractivity contribution in [3.8, 4) is 0 Å². The third kappa shape index (κ3) is 5.91. The second-order valence-electron chi connectivity index (χ2n) is 13.1. The van der Waals surface area contributed by atoms with Crippen LogP contribution < -0.4 is 0 Å². The van der Waals surface area contributed by atoms with Gasteiger partial charge in [0.2, 0.25) is 0 Å². The van der Waals surface area contributed by atoms with Crippen molar-refractivity contribution in [1.29, 1.82) is 0 Å². The Morgan fingerprint density at radius 3 is 1.66 bits per heavy atom. The van der Waals surface area contributed by atoms with Crippen molar-refractivity contribution in [2.45, 2.75) is 99.8 Å². The summed E-state index contributed by atoms with van der Waals surface area (Å²) < 4.78 is 0. The number of benzene rings is 2. The number of carbonyl (C=O) groups is 1. The first-order valence-corrected chi connectivity index (χ1v) is 12.2. The molecule has 176 valence electrons. The first-order chi connectivity index (χ1) is 14.5. The number of hydrogen-bond donors (Lipinski definition) is 0. The molecule has 0 aliphatic heterocycles. The average molecular weight is 435 g/mol. The third-order valence-corrected chi connectivity index (χ3v) is 7.52. The molecule has 0 spiro atoms. The van der Waals surface area contributed by atoms with Crippen molar-refractivity contribution in [1.82, 2.24) is 0 Å². The van der Waals surface area contributed by atoms with E-state index < -0.39 is 10.8 Å². The summed E-state index contributed by atoms with van der Waals surface area (Å²) in [6.45, 7) is 24.4. The summed E-state index contributed by atoms with van der Waals surface area (Å²) in [5.74, 6) is 0.815. The quantitative estimate of drug-likeness (QED) is 0.425. The summed E-state index contributed by atoms with van der Waals surface area (Å²) in [5.41, 5.74) is 3.25. The molecule has 0 N–H and O–H groups in total. The van der Waals surface area contributed by atoms with Crippen LogP contribution >= 0.6 is 0 Å². The van der Waals surface area contributed by atoms with E-state index in [9.17, 15) is 4.79 Å². The highest BCUT2D eigenvalue weighted by Crippen LogP contribution is 2.48.